The maximum absolute atomic E-state index is 13.0. The van der Waals surface area contributed by atoms with Gasteiger partial charge in [-0.15, -0.1) is 0 Å². The topological polar surface area (TPSA) is 53.3 Å². The Kier molecular flexibility index (Phi) is 6.38. The molecule has 0 radical (unpaired) electrons. The van der Waals surface area contributed by atoms with E-state index in [-0.39, 0.29) is 5.91 Å². The number of hydrogen-bond donors (Lipinski definition) is 0. The van der Waals surface area contributed by atoms with E-state index in [9.17, 15) is 10.1 Å². The van der Waals surface area contributed by atoms with Crippen LogP contribution in [0.3, 0.4) is 0 Å². The number of hydrogen-bond acceptors (Lipinski definition) is 3. The minimum absolute atomic E-state index is 0.0477. The van der Waals surface area contributed by atoms with Crippen molar-refractivity contribution in [3.8, 4) is 11.8 Å². The van der Waals surface area contributed by atoms with Crippen molar-refractivity contribution in [1.82, 2.24) is 0 Å². The van der Waals surface area contributed by atoms with Crippen LogP contribution in [0.2, 0.25) is 0 Å². The van der Waals surface area contributed by atoms with Crippen molar-refractivity contribution in [2.24, 2.45) is 0 Å². The van der Waals surface area contributed by atoms with Gasteiger partial charge in [-0.05, 0) is 64.9 Å². The second-order valence-electron chi connectivity index (χ2n) is 7.28. The van der Waals surface area contributed by atoms with Gasteiger partial charge in [-0.25, -0.2) is 0 Å². The minimum Gasteiger partial charge on any atom is -0.488 e. The van der Waals surface area contributed by atoms with E-state index in [1.165, 1.54) is 0 Å². The Bertz CT molecular complexity index is 1210. The first-order valence-corrected chi connectivity index (χ1v) is 11.2. The van der Waals surface area contributed by atoms with Gasteiger partial charge < -0.3 is 9.64 Å². The normalized spacial score (nSPS) is 13.9. The number of rotatable bonds is 6. The van der Waals surface area contributed by atoms with Gasteiger partial charge in [0.25, 0.3) is 5.91 Å². The number of para-hydroxylation sites is 1. The average molecular weight is 520 g/mol. The van der Waals surface area contributed by atoms with E-state index in [4.69, 9.17) is 4.74 Å². The van der Waals surface area contributed by atoms with Crippen LogP contribution in [0.5, 0.6) is 5.75 Å². The maximum atomic E-state index is 13.0. The Morgan fingerprint density at radius 1 is 1.10 bits per heavy atom. The Hall–Kier alpha value is -3.11. The van der Waals surface area contributed by atoms with Crippen LogP contribution >= 0.6 is 22.6 Å². The quantitative estimate of drug-likeness (QED) is 0.294. The Labute approximate surface area is 195 Å². The van der Waals surface area contributed by atoms with Crippen molar-refractivity contribution in [2.45, 2.75) is 20.0 Å². The Balaban J connectivity index is 1.58. The van der Waals surface area contributed by atoms with Gasteiger partial charge in [-0.2, -0.15) is 5.26 Å². The molecule has 3 aromatic rings. The molecule has 4 nitrogen and oxygen atoms in total. The molecular weight excluding hydrogens is 499 g/mol. The number of carbonyl (C=O) groups is 1. The molecule has 31 heavy (non-hydrogen) atoms. The van der Waals surface area contributed by atoms with Crippen LogP contribution in [0.1, 0.15) is 35.6 Å². The number of nitriles is 1. The zero-order valence-electron chi connectivity index (χ0n) is 17.1. The zero-order valence-corrected chi connectivity index (χ0v) is 19.3. The number of halogens is 1. The molecule has 4 rings (SSSR count). The van der Waals surface area contributed by atoms with E-state index in [1.54, 1.807) is 6.07 Å². The fourth-order valence-electron chi connectivity index (χ4n) is 3.69. The predicted octanol–water partition coefficient (Wildman–Crippen LogP) is 6.04. The summed E-state index contributed by atoms with van der Waals surface area (Å²) in [6.07, 6.45) is 2.86. The molecular formula is C26H21IN2O2. The van der Waals surface area contributed by atoms with Crippen LogP contribution in [0.4, 0.5) is 5.69 Å². The molecule has 0 saturated carbocycles. The van der Waals surface area contributed by atoms with Crippen molar-refractivity contribution < 1.29 is 9.53 Å². The first-order chi connectivity index (χ1) is 15.1. The fraction of sp³-hybridized carbons (Fsp3) is 0.154. The van der Waals surface area contributed by atoms with Crippen LogP contribution in [0.15, 0.2) is 66.7 Å². The van der Waals surface area contributed by atoms with Crippen molar-refractivity contribution in [2.75, 3.05) is 11.4 Å². The molecule has 0 N–H and O–H groups in total. The molecule has 0 saturated heterocycles. The molecule has 3 aromatic carbocycles. The highest BCUT2D eigenvalue weighted by molar-refractivity contribution is 14.1. The monoisotopic (exact) mass is 520 g/mol. The molecule has 1 aliphatic rings. The standard InChI is InChI=1S/C26H21IN2O2/c1-2-13-29-24-10-6-5-9-21(24)22(26(29)30)14-18-11-12-25(23(27)15-18)31-17-20-8-4-3-7-19(20)16-28/h3-12,14-15H,2,13,17H2,1H3/b22-14-. The summed E-state index contributed by atoms with van der Waals surface area (Å²) in [5, 5.41) is 9.24. The second kappa shape index (κ2) is 9.36. The van der Waals surface area contributed by atoms with E-state index in [0.29, 0.717) is 18.7 Å². The number of benzene rings is 3. The summed E-state index contributed by atoms with van der Waals surface area (Å²) in [6.45, 7) is 3.12. The largest absolute Gasteiger partial charge is 0.488 e. The van der Waals surface area contributed by atoms with Gasteiger partial charge in [0, 0.05) is 23.2 Å². The van der Waals surface area contributed by atoms with Crippen LogP contribution in [0, 0.1) is 14.9 Å². The first-order valence-electron chi connectivity index (χ1n) is 10.2. The summed E-state index contributed by atoms with van der Waals surface area (Å²) < 4.78 is 6.91. The van der Waals surface area contributed by atoms with Crippen molar-refractivity contribution >= 4 is 45.8 Å². The van der Waals surface area contributed by atoms with Crippen molar-refractivity contribution in [3.05, 3.63) is 92.6 Å². The third kappa shape index (κ3) is 4.35. The van der Waals surface area contributed by atoms with Gasteiger partial charge in [0.05, 0.1) is 20.9 Å². The molecule has 0 spiro atoms. The summed E-state index contributed by atoms with van der Waals surface area (Å²) in [5.41, 5.74) is 5.10. The third-order valence-electron chi connectivity index (χ3n) is 5.20. The van der Waals surface area contributed by atoms with E-state index in [0.717, 1.165) is 43.7 Å². The lowest BCUT2D eigenvalue weighted by molar-refractivity contribution is -0.113. The summed E-state index contributed by atoms with van der Waals surface area (Å²) in [4.78, 5) is 14.9. The van der Waals surface area contributed by atoms with Crippen molar-refractivity contribution in [1.29, 1.82) is 5.26 Å². The van der Waals surface area contributed by atoms with Crippen LogP contribution < -0.4 is 9.64 Å². The van der Waals surface area contributed by atoms with Gasteiger partial charge in [-0.1, -0.05) is 49.4 Å². The Morgan fingerprint density at radius 3 is 2.65 bits per heavy atom. The summed E-state index contributed by atoms with van der Waals surface area (Å²) in [7, 11) is 0. The second-order valence-corrected chi connectivity index (χ2v) is 8.44. The molecule has 154 valence electrons. The van der Waals surface area contributed by atoms with Gasteiger partial charge >= 0.3 is 0 Å². The lowest BCUT2D eigenvalue weighted by atomic mass is 10.0. The number of carbonyl (C=O) groups excluding carboxylic acids is 1. The predicted molar refractivity (Wildman–Crippen MR) is 132 cm³/mol. The van der Waals surface area contributed by atoms with Gasteiger partial charge in [-0.3, -0.25) is 4.79 Å². The lowest BCUT2D eigenvalue weighted by Crippen LogP contribution is -2.26. The molecule has 0 unspecified atom stereocenters. The first kappa shape index (κ1) is 21.1. The fourth-order valence-corrected chi connectivity index (χ4v) is 4.39. The highest BCUT2D eigenvalue weighted by Gasteiger charge is 2.31. The number of anilines is 1. The summed E-state index contributed by atoms with van der Waals surface area (Å²) in [5.74, 6) is 0.799. The molecule has 1 heterocycles. The Morgan fingerprint density at radius 2 is 1.87 bits per heavy atom. The van der Waals surface area contributed by atoms with Crippen molar-refractivity contribution in [3.63, 3.8) is 0 Å². The van der Waals surface area contributed by atoms with Crippen LogP contribution in [0.25, 0.3) is 11.6 Å². The molecule has 0 bridgehead atoms. The van der Waals surface area contributed by atoms with E-state index in [2.05, 4.69) is 35.6 Å². The molecule has 0 aliphatic carbocycles. The van der Waals surface area contributed by atoms with E-state index < -0.39 is 0 Å². The summed E-state index contributed by atoms with van der Waals surface area (Å²) in [6, 6.07) is 23.5. The maximum Gasteiger partial charge on any atom is 0.258 e. The van der Waals surface area contributed by atoms with Gasteiger partial charge in [0.2, 0.25) is 0 Å². The number of ether oxygens (including phenoxy) is 1. The molecule has 5 heteroatoms. The molecule has 0 aromatic heterocycles. The smallest absolute Gasteiger partial charge is 0.258 e. The lowest BCUT2D eigenvalue weighted by Gasteiger charge is -2.15. The summed E-state index contributed by atoms with van der Waals surface area (Å²) >= 11 is 2.24. The van der Waals surface area contributed by atoms with Crippen LogP contribution in [-0.2, 0) is 11.4 Å². The molecule has 1 aliphatic heterocycles. The average Bonchev–Trinajstić information content (AvgIpc) is 3.05. The highest BCUT2D eigenvalue weighted by Crippen LogP contribution is 2.38. The number of amides is 1. The van der Waals surface area contributed by atoms with Crippen LogP contribution in [-0.4, -0.2) is 12.5 Å². The van der Waals surface area contributed by atoms with Gasteiger partial charge in [0.1, 0.15) is 12.4 Å². The SMILES string of the molecule is CCCN1C(=O)/C(=C\c2ccc(OCc3ccccc3C#N)c(I)c2)c2ccccc21. The highest BCUT2D eigenvalue weighted by atomic mass is 127. The van der Waals surface area contributed by atoms with Gasteiger partial charge in [0.15, 0.2) is 0 Å². The number of nitrogens with zero attached hydrogens (tertiary/aromatic N) is 2. The molecule has 0 fully saturated rings. The molecule has 1 amide bonds. The number of fused-ring (bicyclic) bond motifs is 1. The third-order valence-corrected chi connectivity index (χ3v) is 6.04. The minimum atomic E-state index is 0.0477. The van der Waals surface area contributed by atoms with E-state index in [1.807, 2.05) is 71.6 Å². The zero-order chi connectivity index (χ0) is 21.8. The molecule has 0 atom stereocenters. The van der Waals surface area contributed by atoms with E-state index >= 15 is 0 Å².